The fourth-order valence-electron chi connectivity index (χ4n) is 5.23. The first kappa shape index (κ1) is 27.8. The molecule has 0 radical (unpaired) electrons. The number of nitrogen functional groups attached to an aromatic ring is 1. The standard InChI is InChI=1S/C28H31FN8O4S/c1-3-5-18-14-19(29)22(41-16-17(2)38)15-20(18)35-10-7-34(8-11-35)9-12-36-25-23(42-28(36)39)26-31-24(21-6-4-13-40-21)33-37(26)27(30)32-25/h4,6,13-15H,3,5,7-12,16H2,1-2H3,(H2,30,32). The maximum atomic E-state index is 14.7. The van der Waals surface area contributed by atoms with E-state index in [0.29, 0.717) is 40.7 Å². The van der Waals surface area contributed by atoms with Crippen molar-refractivity contribution in [1.29, 1.82) is 0 Å². The minimum absolute atomic E-state index is 0.0935. The van der Waals surface area contributed by atoms with Gasteiger partial charge in [-0.05, 0) is 37.1 Å². The molecular formula is C28H31FN8O4S. The Morgan fingerprint density at radius 3 is 2.69 bits per heavy atom. The third kappa shape index (κ3) is 5.34. The summed E-state index contributed by atoms with van der Waals surface area (Å²) in [5.41, 5.74) is 9.02. The van der Waals surface area contributed by atoms with Crippen molar-refractivity contribution in [3.05, 3.63) is 51.6 Å². The van der Waals surface area contributed by atoms with Crippen molar-refractivity contribution in [2.45, 2.75) is 33.2 Å². The Balaban J connectivity index is 1.17. The Hall–Kier alpha value is -4.30. The first-order chi connectivity index (χ1) is 20.3. The minimum Gasteiger partial charge on any atom is -0.483 e. The highest BCUT2D eigenvalue weighted by molar-refractivity contribution is 7.17. The Kier molecular flexibility index (Phi) is 7.64. The summed E-state index contributed by atoms with van der Waals surface area (Å²) in [4.78, 5) is 37.8. The molecule has 12 nitrogen and oxygen atoms in total. The van der Waals surface area contributed by atoms with Gasteiger partial charge in [-0.15, -0.1) is 5.10 Å². The van der Waals surface area contributed by atoms with Gasteiger partial charge in [0.15, 0.2) is 34.4 Å². The zero-order valence-corrected chi connectivity index (χ0v) is 24.2. The molecule has 0 spiro atoms. The largest absolute Gasteiger partial charge is 0.483 e. The van der Waals surface area contributed by atoms with Gasteiger partial charge in [0.25, 0.3) is 0 Å². The summed E-state index contributed by atoms with van der Waals surface area (Å²) in [6.07, 6.45) is 3.17. The lowest BCUT2D eigenvalue weighted by molar-refractivity contribution is -0.118. The van der Waals surface area contributed by atoms with E-state index in [1.54, 1.807) is 29.0 Å². The smallest absolute Gasteiger partial charge is 0.309 e. The number of ketones is 1. The quantitative estimate of drug-likeness (QED) is 0.257. The molecule has 0 bridgehead atoms. The fourth-order valence-corrected chi connectivity index (χ4v) is 6.16. The summed E-state index contributed by atoms with van der Waals surface area (Å²) in [5, 5.41) is 4.40. The number of nitrogens with zero attached hydrogens (tertiary/aromatic N) is 7. The average molecular weight is 595 g/mol. The fraction of sp³-hybridized carbons (Fsp3) is 0.393. The zero-order chi connectivity index (χ0) is 29.4. The summed E-state index contributed by atoms with van der Waals surface area (Å²) in [7, 11) is 0. The summed E-state index contributed by atoms with van der Waals surface area (Å²) in [6.45, 7) is 7.39. The van der Waals surface area contributed by atoms with Crippen molar-refractivity contribution < 1.29 is 18.3 Å². The van der Waals surface area contributed by atoms with Crippen LogP contribution in [0.2, 0.25) is 0 Å². The summed E-state index contributed by atoms with van der Waals surface area (Å²) in [5.74, 6) is 0.478. The van der Waals surface area contributed by atoms with Gasteiger partial charge >= 0.3 is 4.87 Å². The van der Waals surface area contributed by atoms with E-state index in [1.165, 1.54) is 17.5 Å². The Morgan fingerprint density at radius 1 is 1.17 bits per heavy atom. The van der Waals surface area contributed by atoms with Crippen LogP contribution >= 0.6 is 11.3 Å². The summed E-state index contributed by atoms with van der Waals surface area (Å²) in [6, 6.07) is 6.75. The molecule has 1 aliphatic heterocycles. The third-order valence-corrected chi connectivity index (χ3v) is 8.26. The lowest BCUT2D eigenvalue weighted by atomic mass is 10.1. The van der Waals surface area contributed by atoms with Gasteiger partial charge < -0.3 is 19.8 Å². The molecule has 1 aromatic carbocycles. The molecule has 220 valence electrons. The minimum atomic E-state index is -0.453. The number of anilines is 2. The number of aromatic nitrogens is 5. The number of benzene rings is 1. The van der Waals surface area contributed by atoms with Gasteiger partial charge in [0.2, 0.25) is 11.8 Å². The molecular weight excluding hydrogens is 563 g/mol. The van der Waals surface area contributed by atoms with Gasteiger partial charge in [0.05, 0.1) is 6.26 Å². The number of nitrogens with two attached hydrogens (primary N) is 1. The second kappa shape index (κ2) is 11.5. The molecule has 14 heteroatoms. The van der Waals surface area contributed by atoms with Crippen molar-refractivity contribution in [3.63, 3.8) is 0 Å². The molecule has 0 atom stereocenters. The molecule has 4 aromatic heterocycles. The number of halogens is 1. The average Bonchev–Trinajstić information content (AvgIpc) is 3.72. The Labute approximate surface area is 244 Å². The molecule has 0 unspecified atom stereocenters. The Bertz CT molecular complexity index is 1800. The van der Waals surface area contributed by atoms with E-state index in [4.69, 9.17) is 14.9 Å². The van der Waals surface area contributed by atoms with Crippen LogP contribution in [0.1, 0.15) is 25.8 Å². The van der Waals surface area contributed by atoms with Crippen LogP contribution < -0.4 is 20.2 Å². The number of thiazole rings is 1. The van der Waals surface area contributed by atoms with Crippen molar-refractivity contribution in [1.82, 2.24) is 29.0 Å². The number of fused-ring (bicyclic) bond motifs is 3. The highest BCUT2D eigenvalue weighted by Gasteiger charge is 2.23. The predicted molar refractivity (Wildman–Crippen MR) is 158 cm³/mol. The van der Waals surface area contributed by atoms with E-state index in [0.717, 1.165) is 61.6 Å². The highest BCUT2D eigenvalue weighted by atomic mass is 32.1. The number of aryl methyl sites for hydroxylation is 1. The molecule has 2 N–H and O–H groups in total. The molecule has 1 fully saturated rings. The number of hydrogen-bond donors (Lipinski definition) is 1. The number of piperazine rings is 1. The van der Waals surface area contributed by atoms with Crippen LogP contribution in [-0.4, -0.2) is 74.2 Å². The summed E-state index contributed by atoms with van der Waals surface area (Å²) < 4.78 is 29.2. The van der Waals surface area contributed by atoms with E-state index in [1.807, 2.05) is 0 Å². The lowest BCUT2D eigenvalue weighted by Crippen LogP contribution is -2.47. The highest BCUT2D eigenvalue weighted by Crippen LogP contribution is 2.31. The van der Waals surface area contributed by atoms with Crippen molar-refractivity contribution in [2.24, 2.45) is 0 Å². The number of carbonyl (C=O) groups excluding carboxylic acids is 1. The summed E-state index contributed by atoms with van der Waals surface area (Å²) >= 11 is 1.07. The second-order valence-corrected chi connectivity index (χ2v) is 11.2. The predicted octanol–water partition coefficient (Wildman–Crippen LogP) is 3.22. The van der Waals surface area contributed by atoms with Gasteiger partial charge in [0, 0.05) is 51.0 Å². The van der Waals surface area contributed by atoms with E-state index in [2.05, 4.69) is 31.8 Å². The normalized spacial score (nSPS) is 14.3. The van der Waals surface area contributed by atoms with Crippen LogP contribution in [0.15, 0.2) is 39.7 Å². The SMILES string of the molecule is CCCc1cc(F)c(OCC(C)=O)cc1N1CCN(CCn2c(=O)sc3c2nc(N)n2nc(-c4ccco4)nc32)CC1. The van der Waals surface area contributed by atoms with Gasteiger partial charge in [-0.3, -0.25) is 19.1 Å². The molecule has 0 saturated carbocycles. The van der Waals surface area contributed by atoms with E-state index < -0.39 is 5.82 Å². The number of hydrogen-bond acceptors (Lipinski definition) is 11. The van der Waals surface area contributed by atoms with Crippen LogP contribution in [-0.2, 0) is 17.8 Å². The zero-order valence-electron chi connectivity index (χ0n) is 23.4. The molecule has 0 amide bonds. The number of Topliss-reactive ketones (excluding diaryl/α,β-unsaturated/α-hetero) is 1. The van der Waals surface area contributed by atoms with Crippen molar-refractivity contribution in [3.8, 4) is 17.3 Å². The van der Waals surface area contributed by atoms with Gasteiger partial charge in [-0.1, -0.05) is 24.7 Å². The Morgan fingerprint density at radius 2 is 1.98 bits per heavy atom. The third-order valence-electron chi connectivity index (χ3n) is 7.29. The molecule has 6 rings (SSSR count). The van der Waals surface area contributed by atoms with Crippen molar-refractivity contribution in [2.75, 3.05) is 50.0 Å². The molecule has 5 heterocycles. The molecule has 0 aliphatic carbocycles. The molecule has 1 aliphatic rings. The monoisotopic (exact) mass is 594 g/mol. The van der Waals surface area contributed by atoms with Gasteiger partial charge in [0.1, 0.15) is 11.3 Å². The topological polar surface area (TPSA) is 137 Å². The lowest BCUT2D eigenvalue weighted by Gasteiger charge is -2.37. The number of carbonyl (C=O) groups is 1. The van der Waals surface area contributed by atoms with E-state index >= 15 is 0 Å². The van der Waals surface area contributed by atoms with Crippen LogP contribution in [0.3, 0.4) is 0 Å². The van der Waals surface area contributed by atoms with Crippen LogP contribution in [0, 0.1) is 5.82 Å². The van der Waals surface area contributed by atoms with Crippen LogP contribution in [0.25, 0.3) is 27.6 Å². The first-order valence-electron chi connectivity index (χ1n) is 13.8. The van der Waals surface area contributed by atoms with E-state index in [-0.39, 0.29) is 29.0 Å². The van der Waals surface area contributed by atoms with Crippen molar-refractivity contribution >= 4 is 44.8 Å². The number of rotatable bonds is 10. The van der Waals surface area contributed by atoms with E-state index in [9.17, 15) is 14.0 Å². The van der Waals surface area contributed by atoms with Crippen LogP contribution in [0.4, 0.5) is 16.0 Å². The molecule has 1 saturated heterocycles. The maximum Gasteiger partial charge on any atom is 0.309 e. The molecule has 42 heavy (non-hydrogen) atoms. The number of ether oxygens (including phenoxy) is 1. The van der Waals surface area contributed by atoms with Gasteiger partial charge in [-0.25, -0.2) is 9.37 Å². The molecule has 5 aromatic rings. The first-order valence-corrected chi connectivity index (χ1v) is 14.7. The number of furan rings is 1. The maximum absolute atomic E-state index is 14.7. The second-order valence-electron chi connectivity index (χ2n) is 10.3. The van der Waals surface area contributed by atoms with Gasteiger partial charge in [-0.2, -0.15) is 9.50 Å². The van der Waals surface area contributed by atoms with Crippen LogP contribution in [0.5, 0.6) is 5.75 Å².